The number of rotatable bonds is 4. The predicted octanol–water partition coefficient (Wildman–Crippen LogP) is 2.53. The molecule has 0 unspecified atom stereocenters. The lowest BCUT2D eigenvalue weighted by atomic mass is 10.1. The van der Waals surface area contributed by atoms with Crippen LogP contribution in [-0.2, 0) is 13.0 Å². The van der Waals surface area contributed by atoms with Gasteiger partial charge in [-0.05, 0) is 52.2 Å². The molecule has 0 aliphatic heterocycles. The molecule has 1 heterocycles. The minimum Gasteiger partial charge on any atom is -0.399 e. The quantitative estimate of drug-likeness (QED) is 0.745. The molecule has 106 valence electrons. The fourth-order valence-corrected chi connectivity index (χ4v) is 2.20. The molecule has 0 amide bonds. The minimum absolute atomic E-state index is 0.650. The minimum atomic E-state index is 0.650. The Bertz CT molecular complexity index is 713. The van der Waals surface area contributed by atoms with Gasteiger partial charge in [0.15, 0.2) is 5.82 Å². The molecule has 3 aromatic rings. The zero-order valence-corrected chi connectivity index (χ0v) is 11.9. The van der Waals surface area contributed by atoms with E-state index in [9.17, 15) is 0 Å². The number of aromatic nitrogens is 4. The monoisotopic (exact) mass is 279 g/mol. The molecule has 5 heteroatoms. The maximum atomic E-state index is 5.71. The van der Waals surface area contributed by atoms with Gasteiger partial charge < -0.3 is 5.73 Å². The molecule has 0 atom stereocenters. The number of nitrogen functional groups attached to an aromatic ring is 1. The normalized spacial score (nSPS) is 10.7. The smallest absolute Gasteiger partial charge is 0.182 e. The van der Waals surface area contributed by atoms with Crippen molar-refractivity contribution in [2.75, 3.05) is 5.73 Å². The Morgan fingerprint density at radius 1 is 0.952 bits per heavy atom. The van der Waals surface area contributed by atoms with Crippen LogP contribution in [0.15, 0.2) is 48.5 Å². The first-order chi connectivity index (χ1) is 10.3. The summed E-state index contributed by atoms with van der Waals surface area (Å²) in [6.45, 7) is 2.80. The molecule has 3 rings (SSSR count). The van der Waals surface area contributed by atoms with E-state index in [1.165, 1.54) is 11.1 Å². The lowest BCUT2D eigenvalue weighted by Gasteiger charge is -2.06. The van der Waals surface area contributed by atoms with Crippen molar-refractivity contribution in [1.29, 1.82) is 0 Å². The van der Waals surface area contributed by atoms with E-state index in [1.54, 1.807) is 4.68 Å². The lowest BCUT2D eigenvalue weighted by molar-refractivity contribution is 0.653. The first-order valence-electron chi connectivity index (χ1n) is 6.96. The topological polar surface area (TPSA) is 69.6 Å². The first kappa shape index (κ1) is 13.3. The number of benzene rings is 2. The SMILES string of the molecule is CCc1ccc(Cn2nnnc2-c2ccc(N)cc2)cc1. The molecule has 2 N–H and O–H groups in total. The van der Waals surface area contributed by atoms with Crippen LogP contribution in [0.1, 0.15) is 18.1 Å². The average Bonchev–Trinajstić information content (AvgIpc) is 2.97. The molecule has 0 spiro atoms. The molecule has 1 aromatic heterocycles. The van der Waals surface area contributed by atoms with Crippen molar-refractivity contribution < 1.29 is 0 Å². The van der Waals surface area contributed by atoms with Crippen molar-refractivity contribution in [3.8, 4) is 11.4 Å². The Balaban J connectivity index is 1.86. The van der Waals surface area contributed by atoms with Crippen molar-refractivity contribution in [2.45, 2.75) is 19.9 Å². The lowest BCUT2D eigenvalue weighted by Crippen LogP contribution is -2.04. The fourth-order valence-electron chi connectivity index (χ4n) is 2.20. The van der Waals surface area contributed by atoms with Gasteiger partial charge in [0.2, 0.25) is 0 Å². The molecule has 0 aliphatic carbocycles. The summed E-state index contributed by atoms with van der Waals surface area (Å²) in [5, 5.41) is 12.0. The number of hydrogen-bond acceptors (Lipinski definition) is 4. The Morgan fingerprint density at radius 2 is 1.62 bits per heavy atom. The summed E-state index contributed by atoms with van der Waals surface area (Å²) >= 11 is 0. The Hall–Kier alpha value is -2.69. The summed E-state index contributed by atoms with van der Waals surface area (Å²) in [7, 11) is 0. The Labute approximate surface area is 123 Å². The van der Waals surface area contributed by atoms with Crippen molar-refractivity contribution >= 4 is 5.69 Å². The third kappa shape index (κ3) is 2.91. The zero-order chi connectivity index (χ0) is 14.7. The van der Waals surface area contributed by atoms with E-state index in [-0.39, 0.29) is 0 Å². The molecule has 0 saturated carbocycles. The number of tetrazole rings is 1. The van der Waals surface area contributed by atoms with Crippen molar-refractivity contribution in [3.05, 3.63) is 59.7 Å². The van der Waals surface area contributed by atoms with Crippen LogP contribution >= 0.6 is 0 Å². The Morgan fingerprint density at radius 3 is 2.29 bits per heavy atom. The van der Waals surface area contributed by atoms with Gasteiger partial charge >= 0.3 is 0 Å². The summed E-state index contributed by atoms with van der Waals surface area (Å²) in [5.41, 5.74) is 9.90. The van der Waals surface area contributed by atoms with Gasteiger partial charge in [-0.1, -0.05) is 31.2 Å². The second kappa shape index (κ2) is 5.75. The van der Waals surface area contributed by atoms with E-state index in [0.29, 0.717) is 6.54 Å². The highest BCUT2D eigenvalue weighted by Crippen LogP contribution is 2.18. The predicted molar refractivity (Wildman–Crippen MR) is 82.6 cm³/mol. The van der Waals surface area contributed by atoms with Crippen LogP contribution in [0.2, 0.25) is 0 Å². The molecular formula is C16H17N5. The molecule has 0 saturated heterocycles. The number of nitrogens with zero attached hydrogens (tertiary/aromatic N) is 4. The summed E-state index contributed by atoms with van der Waals surface area (Å²) in [6.07, 6.45) is 1.04. The van der Waals surface area contributed by atoms with Crippen molar-refractivity contribution in [2.24, 2.45) is 0 Å². The van der Waals surface area contributed by atoms with Crippen LogP contribution in [-0.4, -0.2) is 20.2 Å². The van der Waals surface area contributed by atoms with E-state index in [0.717, 1.165) is 23.5 Å². The number of anilines is 1. The van der Waals surface area contributed by atoms with Crippen LogP contribution in [0.3, 0.4) is 0 Å². The third-order valence-corrected chi connectivity index (χ3v) is 3.46. The largest absolute Gasteiger partial charge is 0.399 e. The molecule has 0 radical (unpaired) electrons. The van der Waals surface area contributed by atoms with Crippen molar-refractivity contribution in [1.82, 2.24) is 20.2 Å². The van der Waals surface area contributed by atoms with E-state index in [1.807, 2.05) is 24.3 Å². The molecule has 0 fully saturated rings. The summed E-state index contributed by atoms with van der Waals surface area (Å²) in [6, 6.07) is 16.1. The molecule has 0 aliphatic rings. The summed E-state index contributed by atoms with van der Waals surface area (Å²) in [5.74, 6) is 0.745. The van der Waals surface area contributed by atoms with Gasteiger partial charge in [0.25, 0.3) is 0 Å². The third-order valence-electron chi connectivity index (χ3n) is 3.46. The van der Waals surface area contributed by atoms with Gasteiger partial charge in [-0.2, -0.15) is 0 Å². The molecule has 21 heavy (non-hydrogen) atoms. The van der Waals surface area contributed by atoms with Gasteiger partial charge in [-0.15, -0.1) is 5.10 Å². The molecule has 0 bridgehead atoms. The average molecular weight is 279 g/mol. The standard InChI is InChI=1S/C16H17N5/c1-2-12-3-5-13(6-4-12)11-21-16(18-19-20-21)14-7-9-15(17)10-8-14/h3-10H,2,11,17H2,1H3. The highest BCUT2D eigenvalue weighted by Gasteiger charge is 2.09. The van der Waals surface area contributed by atoms with E-state index < -0.39 is 0 Å². The zero-order valence-electron chi connectivity index (χ0n) is 11.9. The molecule has 5 nitrogen and oxygen atoms in total. The second-order valence-electron chi connectivity index (χ2n) is 4.95. The van der Waals surface area contributed by atoms with E-state index in [2.05, 4.69) is 46.7 Å². The van der Waals surface area contributed by atoms with Crippen LogP contribution in [0.4, 0.5) is 5.69 Å². The second-order valence-corrected chi connectivity index (χ2v) is 4.95. The van der Waals surface area contributed by atoms with E-state index >= 15 is 0 Å². The molecule has 2 aromatic carbocycles. The highest BCUT2D eigenvalue weighted by atomic mass is 15.5. The van der Waals surface area contributed by atoms with Crippen molar-refractivity contribution in [3.63, 3.8) is 0 Å². The molecular weight excluding hydrogens is 262 g/mol. The maximum absolute atomic E-state index is 5.71. The highest BCUT2D eigenvalue weighted by molar-refractivity contribution is 5.58. The summed E-state index contributed by atoms with van der Waals surface area (Å²) in [4.78, 5) is 0. The summed E-state index contributed by atoms with van der Waals surface area (Å²) < 4.78 is 1.80. The number of hydrogen-bond donors (Lipinski definition) is 1. The van der Waals surface area contributed by atoms with Gasteiger partial charge in [-0.3, -0.25) is 0 Å². The number of aryl methyl sites for hydroxylation is 1. The van der Waals surface area contributed by atoms with Gasteiger partial charge in [0.1, 0.15) is 0 Å². The van der Waals surface area contributed by atoms with Gasteiger partial charge in [-0.25, -0.2) is 4.68 Å². The van der Waals surface area contributed by atoms with Crippen LogP contribution in [0.25, 0.3) is 11.4 Å². The van der Waals surface area contributed by atoms with Gasteiger partial charge in [0, 0.05) is 11.3 Å². The van der Waals surface area contributed by atoms with Crippen LogP contribution in [0.5, 0.6) is 0 Å². The van der Waals surface area contributed by atoms with Crippen LogP contribution < -0.4 is 5.73 Å². The maximum Gasteiger partial charge on any atom is 0.182 e. The van der Waals surface area contributed by atoms with Crippen LogP contribution in [0, 0.1) is 0 Å². The van der Waals surface area contributed by atoms with E-state index in [4.69, 9.17) is 5.73 Å². The number of nitrogens with two attached hydrogens (primary N) is 1. The van der Waals surface area contributed by atoms with Gasteiger partial charge in [0.05, 0.1) is 6.54 Å². The Kier molecular flexibility index (Phi) is 3.64. The first-order valence-corrected chi connectivity index (χ1v) is 6.96. The fraction of sp³-hybridized carbons (Fsp3) is 0.188.